The third kappa shape index (κ3) is 2.41. The quantitative estimate of drug-likeness (QED) is 0.457. The van der Waals surface area contributed by atoms with Gasteiger partial charge in [-0.05, 0) is 27.6 Å². The monoisotopic (exact) mass is 246 g/mol. The molecule has 1 heterocycles. The van der Waals surface area contributed by atoms with Crippen LogP contribution in [0.5, 0.6) is 0 Å². The molecule has 3 nitrogen and oxygen atoms in total. The molecule has 0 fully saturated rings. The Labute approximate surface area is 82.6 Å². The third-order valence-electron chi connectivity index (χ3n) is 1.22. The lowest BCUT2D eigenvalue weighted by Gasteiger charge is -1.98. The average Bonchev–Trinajstić information content (AvgIpc) is 2.07. The fraction of sp³-hybridized carbons (Fsp3) is 0.143. The van der Waals surface area contributed by atoms with Gasteiger partial charge in [0.25, 0.3) is 0 Å². The molecule has 0 saturated carbocycles. The van der Waals surface area contributed by atoms with Crippen LogP contribution in [0.15, 0.2) is 21.7 Å². The standard InChI is InChI=1S/C7H4BrClN2O/c8-6-3-11-7(9)1-5(6)2-10-4-12/h1,3H,2H2. The van der Waals surface area contributed by atoms with Gasteiger partial charge in [-0.3, -0.25) is 0 Å². The molecule has 0 N–H and O–H groups in total. The number of nitrogens with zero attached hydrogens (tertiary/aromatic N) is 2. The maximum absolute atomic E-state index is 9.82. The summed E-state index contributed by atoms with van der Waals surface area (Å²) in [5.74, 6) is 0. The van der Waals surface area contributed by atoms with E-state index in [0.29, 0.717) is 5.15 Å². The fourth-order valence-electron chi connectivity index (χ4n) is 0.690. The molecule has 0 saturated heterocycles. The Morgan fingerprint density at radius 2 is 2.50 bits per heavy atom. The summed E-state index contributed by atoms with van der Waals surface area (Å²) in [6.07, 6.45) is 3.02. The van der Waals surface area contributed by atoms with E-state index < -0.39 is 0 Å². The van der Waals surface area contributed by atoms with Gasteiger partial charge in [0.2, 0.25) is 6.08 Å². The maximum atomic E-state index is 9.82. The molecular formula is C7H4BrClN2O. The second-order valence-corrected chi connectivity index (χ2v) is 3.25. The SMILES string of the molecule is O=C=NCc1cc(Cl)ncc1Br. The summed E-state index contributed by atoms with van der Waals surface area (Å²) >= 11 is 8.87. The van der Waals surface area contributed by atoms with Crippen molar-refractivity contribution < 1.29 is 4.79 Å². The van der Waals surface area contributed by atoms with E-state index >= 15 is 0 Å². The van der Waals surface area contributed by atoms with E-state index in [2.05, 4.69) is 25.9 Å². The number of aliphatic imine (C=N–C) groups is 1. The molecule has 0 aliphatic rings. The van der Waals surface area contributed by atoms with Crippen molar-refractivity contribution in [1.29, 1.82) is 0 Å². The van der Waals surface area contributed by atoms with Crippen molar-refractivity contribution in [1.82, 2.24) is 4.98 Å². The van der Waals surface area contributed by atoms with Gasteiger partial charge in [-0.15, -0.1) is 0 Å². The largest absolute Gasteiger partial charge is 0.243 e. The number of pyridine rings is 1. The number of aromatic nitrogens is 1. The molecule has 12 heavy (non-hydrogen) atoms. The van der Waals surface area contributed by atoms with Gasteiger partial charge < -0.3 is 0 Å². The van der Waals surface area contributed by atoms with Crippen molar-refractivity contribution >= 4 is 33.6 Å². The maximum Gasteiger partial charge on any atom is 0.235 e. The fourth-order valence-corrected chi connectivity index (χ4v) is 1.21. The van der Waals surface area contributed by atoms with Gasteiger partial charge in [-0.1, -0.05) is 11.6 Å². The summed E-state index contributed by atoms with van der Waals surface area (Å²) in [5, 5.41) is 0.384. The molecule has 0 radical (unpaired) electrons. The molecule has 1 aromatic rings. The molecule has 0 unspecified atom stereocenters. The highest BCUT2D eigenvalue weighted by molar-refractivity contribution is 9.10. The van der Waals surface area contributed by atoms with Gasteiger partial charge in [0.15, 0.2) is 0 Å². The van der Waals surface area contributed by atoms with Crippen LogP contribution in [-0.4, -0.2) is 11.1 Å². The van der Waals surface area contributed by atoms with Crippen molar-refractivity contribution in [3.8, 4) is 0 Å². The number of halogens is 2. The van der Waals surface area contributed by atoms with Crippen LogP contribution < -0.4 is 0 Å². The summed E-state index contributed by atoms with van der Waals surface area (Å²) in [7, 11) is 0. The van der Waals surface area contributed by atoms with E-state index in [-0.39, 0.29) is 6.54 Å². The first-order chi connectivity index (χ1) is 5.74. The Kier molecular flexibility index (Phi) is 3.41. The van der Waals surface area contributed by atoms with E-state index in [4.69, 9.17) is 11.6 Å². The highest BCUT2D eigenvalue weighted by Crippen LogP contribution is 2.19. The zero-order valence-corrected chi connectivity index (χ0v) is 8.26. The van der Waals surface area contributed by atoms with Crippen molar-refractivity contribution in [2.75, 3.05) is 0 Å². The number of carbonyl (C=O) groups excluding carboxylic acids is 1. The van der Waals surface area contributed by atoms with Crippen molar-refractivity contribution in [2.24, 2.45) is 4.99 Å². The highest BCUT2D eigenvalue weighted by Gasteiger charge is 1.99. The Hall–Kier alpha value is -0.700. The zero-order valence-electron chi connectivity index (χ0n) is 5.92. The van der Waals surface area contributed by atoms with E-state index in [0.717, 1.165) is 10.0 Å². The first kappa shape index (κ1) is 9.39. The lowest BCUT2D eigenvalue weighted by molar-refractivity contribution is 0.562. The van der Waals surface area contributed by atoms with Gasteiger partial charge in [-0.2, -0.15) is 0 Å². The molecule has 0 aromatic carbocycles. The third-order valence-corrected chi connectivity index (χ3v) is 2.14. The van der Waals surface area contributed by atoms with E-state index in [1.807, 2.05) is 0 Å². The molecule has 5 heteroatoms. The Morgan fingerprint density at radius 1 is 1.75 bits per heavy atom. The normalized spacial score (nSPS) is 9.17. The first-order valence-corrected chi connectivity index (χ1v) is 4.24. The average molecular weight is 247 g/mol. The number of hydrogen-bond donors (Lipinski definition) is 0. The van der Waals surface area contributed by atoms with Crippen LogP contribution in [0.3, 0.4) is 0 Å². The molecule has 0 aliphatic heterocycles. The minimum absolute atomic E-state index is 0.270. The topological polar surface area (TPSA) is 42.3 Å². The van der Waals surface area contributed by atoms with Gasteiger partial charge >= 0.3 is 0 Å². The lowest BCUT2D eigenvalue weighted by atomic mass is 10.3. The molecule has 1 aromatic heterocycles. The van der Waals surface area contributed by atoms with E-state index in [1.165, 1.54) is 6.08 Å². The van der Waals surface area contributed by atoms with E-state index in [1.54, 1.807) is 12.3 Å². The Balaban J connectivity index is 2.96. The molecule has 0 atom stereocenters. The number of isocyanates is 1. The van der Waals surface area contributed by atoms with Crippen LogP contribution in [0.2, 0.25) is 5.15 Å². The summed E-state index contributed by atoms with van der Waals surface area (Å²) in [6.45, 7) is 0.270. The highest BCUT2D eigenvalue weighted by atomic mass is 79.9. The van der Waals surface area contributed by atoms with Crippen LogP contribution in [-0.2, 0) is 11.3 Å². The van der Waals surface area contributed by atoms with E-state index in [9.17, 15) is 4.79 Å². The van der Waals surface area contributed by atoms with Crippen LogP contribution in [0.1, 0.15) is 5.56 Å². The van der Waals surface area contributed by atoms with Crippen LogP contribution in [0, 0.1) is 0 Å². The molecule has 1 rings (SSSR count). The predicted molar refractivity (Wildman–Crippen MR) is 48.8 cm³/mol. The minimum atomic E-state index is 0.270. The smallest absolute Gasteiger partial charge is 0.235 e. The molecule has 0 amide bonds. The number of hydrogen-bond acceptors (Lipinski definition) is 3. The Morgan fingerprint density at radius 3 is 3.17 bits per heavy atom. The van der Waals surface area contributed by atoms with Crippen LogP contribution in [0.4, 0.5) is 0 Å². The molecular weight excluding hydrogens is 243 g/mol. The van der Waals surface area contributed by atoms with Crippen molar-refractivity contribution in [3.63, 3.8) is 0 Å². The summed E-state index contributed by atoms with van der Waals surface area (Å²) in [4.78, 5) is 17.1. The zero-order chi connectivity index (χ0) is 8.97. The summed E-state index contributed by atoms with van der Waals surface area (Å²) in [5.41, 5.74) is 0.818. The van der Waals surface area contributed by atoms with Gasteiger partial charge in [0.1, 0.15) is 5.15 Å². The summed E-state index contributed by atoms with van der Waals surface area (Å²) in [6, 6.07) is 1.65. The van der Waals surface area contributed by atoms with Crippen molar-refractivity contribution in [3.05, 3.63) is 27.5 Å². The second kappa shape index (κ2) is 4.36. The minimum Gasteiger partial charge on any atom is -0.243 e. The molecule has 0 aliphatic carbocycles. The van der Waals surface area contributed by atoms with Gasteiger partial charge in [-0.25, -0.2) is 14.8 Å². The van der Waals surface area contributed by atoms with Gasteiger partial charge in [0, 0.05) is 10.7 Å². The van der Waals surface area contributed by atoms with Crippen molar-refractivity contribution in [2.45, 2.75) is 6.54 Å². The van der Waals surface area contributed by atoms with Gasteiger partial charge in [0.05, 0.1) is 6.54 Å². The number of rotatable bonds is 2. The lowest BCUT2D eigenvalue weighted by Crippen LogP contribution is -1.85. The van der Waals surface area contributed by atoms with Crippen LogP contribution >= 0.6 is 27.5 Å². The molecule has 0 spiro atoms. The van der Waals surface area contributed by atoms with Crippen LogP contribution in [0.25, 0.3) is 0 Å². The second-order valence-electron chi connectivity index (χ2n) is 2.01. The predicted octanol–water partition coefficient (Wildman–Crippen LogP) is 2.33. The Bertz CT molecular complexity index is 336. The summed E-state index contributed by atoms with van der Waals surface area (Å²) < 4.78 is 0.783. The molecule has 62 valence electrons. The first-order valence-electron chi connectivity index (χ1n) is 3.07. The molecule has 0 bridgehead atoms.